The van der Waals surface area contributed by atoms with Gasteiger partial charge in [-0.15, -0.1) is 0 Å². The van der Waals surface area contributed by atoms with Gasteiger partial charge >= 0.3 is 5.69 Å². The van der Waals surface area contributed by atoms with E-state index in [0.717, 1.165) is 18.4 Å². The van der Waals surface area contributed by atoms with Crippen LogP contribution >= 0.6 is 0 Å². The molecule has 0 spiro atoms. The number of rotatable bonds is 4. The molecule has 0 unspecified atom stereocenters. The molecule has 0 bridgehead atoms. The molecule has 0 radical (unpaired) electrons. The van der Waals surface area contributed by atoms with Crippen molar-refractivity contribution < 1.29 is 0 Å². The van der Waals surface area contributed by atoms with Crippen LogP contribution in [0.4, 0.5) is 0 Å². The SMILES string of the molecule is CCCCn1c(=O)n(CC)c(=O)c2ccccc21. The Labute approximate surface area is 105 Å². The molecular weight excluding hydrogens is 228 g/mol. The number of unbranched alkanes of at least 4 members (excludes halogenated alkanes) is 1. The first-order valence-corrected chi connectivity index (χ1v) is 6.43. The number of nitrogens with zero attached hydrogens (tertiary/aromatic N) is 2. The molecule has 2 aromatic rings. The minimum absolute atomic E-state index is 0.189. The summed E-state index contributed by atoms with van der Waals surface area (Å²) in [7, 11) is 0. The third kappa shape index (κ3) is 1.98. The summed E-state index contributed by atoms with van der Waals surface area (Å²) in [4.78, 5) is 24.4. The molecule has 18 heavy (non-hydrogen) atoms. The van der Waals surface area contributed by atoms with Crippen molar-refractivity contribution in [3.05, 3.63) is 45.1 Å². The van der Waals surface area contributed by atoms with Gasteiger partial charge in [0.05, 0.1) is 10.9 Å². The molecule has 0 aliphatic rings. The van der Waals surface area contributed by atoms with E-state index in [-0.39, 0.29) is 11.2 Å². The van der Waals surface area contributed by atoms with Crippen molar-refractivity contribution >= 4 is 10.9 Å². The molecule has 0 aliphatic carbocycles. The van der Waals surface area contributed by atoms with Gasteiger partial charge in [0.15, 0.2) is 0 Å². The zero-order chi connectivity index (χ0) is 13.1. The molecule has 0 atom stereocenters. The van der Waals surface area contributed by atoms with Crippen LogP contribution in [0.3, 0.4) is 0 Å². The van der Waals surface area contributed by atoms with Crippen molar-refractivity contribution in [2.24, 2.45) is 0 Å². The first-order chi connectivity index (χ1) is 8.70. The van der Waals surface area contributed by atoms with E-state index in [4.69, 9.17) is 0 Å². The number of para-hydroxylation sites is 1. The molecule has 4 nitrogen and oxygen atoms in total. The molecule has 0 aliphatic heterocycles. The molecule has 0 N–H and O–H groups in total. The van der Waals surface area contributed by atoms with Crippen LogP contribution < -0.4 is 11.2 Å². The van der Waals surface area contributed by atoms with Crippen molar-refractivity contribution in [1.82, 2.24) is 9.13 Å². The van der Waals surface area contributed by atoms with Crippen LogP contribution in [0.5, 0.6) is 0 Å². The summed E-state index contributed by atoms with van der Waals surface area (Å²) in [6.45, 7) is 4.98. The van der Waals surface area contributed by atoms with Gasteiger partial charge in [-0.1, -0.05) is 25.5 Å². The van der Waals surface area contributed by atoms with E-state index in [9.17, 15) is 9.59 Å². The van der Waals surface area contributed by atoms with Crippen molar-refractivity contribution in [1.29, 1.82) is 0 Å². The lowest BCUT2D eigenvalue weighted by Crippen LogP contribution is -2.39. The summed E-state index contributed by atoms with van der Waals surface area (Å²) in [6, 6.07) is 7.32. The Balaban J connectivity index is 2.81. The second kappa shape index (κ2) is 5.21. The van der Waals surface area contributed by atoms with E-state index in [2.05, 4.69) is 6.92 Å². The maximum absolute atomic E-state index is 12.3. The van der Waals surface area contributed by atoms with Crippen LogP contribution in [-0.4, -0.2) is 9.13 Å². The van der Waals surface area contributed by atoms with Crippen LogP contribution in [0.25, 0.3) is 10.9 Å². The summed E-state index contributed by atoms with van der Waals surface area (Å²) in [5.41, 5.74) is 0.353. The van der Waals surface area contributed by atoms with Crippen LogP contribution in [0.15, 0.2) is 33.9 Å². The number of fused-ring (bicyclic) bond motifs is 1. The first kappa shape index (κ1) is 12.6. The van der Waals surface area contributed by atoms with Gasteiger partial charge in [-0.2, -0.15) is 0 Å². The predicted molar refractivity (Wildman–Crippen MR) is 73.1 cm³/mol. The average Bonchev–Trinajstić information content (AvgIpc) is 2.39. The summed E-state index contributed by atoms with van der Waals surface area (Å²) in [5.74, 6) is 0. The van der Waals surface area contributed by atoms with Gasteiger partial charge < -0.3 is 0 Å². The third-order valence-electron chi connectivity index (χ3n) is 3.18. The number of aromatic nitrogens is 2. The van der Waals surface area contributed by atoms with Crippen molar-refractivity contribution in [2.45, 2.75) is 39.8 Å². The van der Waals surface area contributed by atoms with E-state index in [1.807, 2.05) is 25.1 Å². The van der Waals surface area contributed by atoms with Crippen LogP contribution in [0, 0.1) is 0 Å². The van der Waals surface area contributed by atoms with E-state index < -0.39 is 0 Å². The van der Waals surface area contributed by atoms with Gasteiger partial charge in [-0.05, 0) is 25.5 Å². The topological polar surface area (TPSA) is 44.0 Å². The highest BCUT2D eigenvalue weighted by Crippen LogP contribution is 2.08. The highest BCUT2D eigenvalue weighted by molar-refractivity contribution is 5.77. The van der Waals surface area contributed by atoms with Gasteiger partial charge in [0.2, 0.25) is 0 Å². The number of hydrogen-bond donors (Lipinski definition) is 0. The van der Waals surface area contributed by atoms with E-state index in [1.165, 1.54) is 4.57 Å². The summed E-state index contributed by atoms with van der Waals surface area (Å²) in [6.07, 6.45) is 1.96. The Morgan fingerprint density at radius 1 is 1.06 bits per heavy atom. The quantitative estimate of drug-likeness (QED) is 0.828. The Bertz CT molecular complexity index is 668. The molecule has 1 aromatic carbocycles. The third-order valence-corrected chi connectivity index (χ3v) is 3.18. The second-order valence-electron chi connectivity index (χ2n) is 4.35. The number of hydrogen-bond acceptors (Lipinski definition) is 2. The standard InChI is InChI=1S/C14H18N2O2/c1-3-5-10-16-12-9-7-6-8-11(12)13(17)15(4-2)14(16)18/h6-9H,3-5,10H2,1-2H3. The lowest BCUT2D eigenvalue weighted by Gasteiger charge is -2.12. The van der Waals surface area contributed by atoms with E-state index in [1.54, 1.807) is 10.6 Å². The van der Waals surface area contributed by atoms with Gasteiger partial charge in [-0.25, -0.2) is 4.79 Å². The van der Waals surface area contributed by atoms with Gasteiger partial charge in [0.1, 0.15) is 0 Å². The van der Waals surface area contributed by atoms with Crippen molar-refractivity contribution in [3.8, 4) is 0 Å². The first-order valence-electron chi connectivity index (χ1n) is 6.43. The molecule has 4 heteroatoms. The van der Waals surface area contributed by atoms with Crippen molar-refractivity contribution in [3.63, 3.8) is 0 Å². The van der Waals surface area contributed by atoms with E-state index >= 15 is 0 Å². The second-order valence-corrected chi connectivity index (χ2v) is 4.35. The van der Waals surface area contributed by atoms with Crippen LogP contribution in [0.1, 0.15) is 26.7 Å². The largest absolute Gasteiger partial charge is 0.331 e. The molecule has 0 amide bonds. The molecule has 1 aromatic heterocycles. The van der Waals surface area contributed by atoms with Crippen molar-refractivity contribution in [2.75, 3.05) is 0 Å². The summed E-state index contributed by atoms with van der Waals surface area (Å²) in [5, 5.41) is 0.620. The monoisotopic (exact) mass is 246 g/mol. The minimum Gasteiger partial charge on any atom is -0.293 e. The van der Waals surface area contributed by atoms with Crippen LogP contribution in [0.2, 0.25) is 0 Å². The smallest absolute Gasteiger partial charge is 0.293 e. The molecule has 0 saturated carbocycles. The Hall–Kier alpha value is -1.84. The Kier molecular flexibility index (Phi) is 3.65. The molecule has 0 fully saturated rings. The highest BCUT2D eigenvalue weighted by Gasteiger charge is 2.10. The van der Waals surface area contributed by atoms with Gasteiger partial charge in [0.25, 0.3) is 5.56 Å². The lowest BCUT2D eigenvalue weighted by atomic mass is 10.2. The Morgan fingerprint density at radius 3 is 2.44 bits per heavy atom. The predicted octanol–water partition coefficient (Wildman–Crippen LogP) is 1.98. The summed E-state index contributed by atoms with van der Waals surface area (Å²) >= 11 is 0. The normalized spacial score (nSPS) is 11.0. The van der Waals surface area contributed by atoms with Crippen LogP contribution in [-0.2, 0) is 13.1 Å². The van der Waals surface area contributed by atoms with E-state index in [0.29, 0.717) is 18.5 Å². The molecule has 96 valence electrons. The molecule has 2 rings (SSSR count). The zero-order valence-corrected chi connectivity index (χ0v) is 10.8. The maximum Gasteiger partial charge on any atom is 0.331 e. The lowest BCUT2D eigenvalue weighted by molar-refractivity contribution is 0.565. The maximum atomic E-state index is 12.3. The average molecular weight is 246 g/mol. The molecule has 1 heterocycles. The van der Waals surface area contributed by atoms with Gasteiger partial charge in [0, 0.05) is 13.1 Å². The summed E-state index contributed by atoms with van der Waals surface area (Å²) < 4.78 is 3.02. The molecule has 0 saturated heterocycles. The molecular formula is C14H18N2O2. The van der Waals surface area contributed by atoms with Gasteiger partial charge in [-0.3, -0.25) is 13.9 Å². The Morgan fingerprint density at radius 2 is 1.78 bits per heavy atom. The zero-order valence-electron chi connectivity index (χ0n) is 10.8. The fraction of sp³-hybridized carbons (Fsp3) is 0.429. The number of aryl methyl sites for hydroxylation is 1. The number of benzene rings is 1. The fourth-order valence-electron chi connectivity index (χ4n) is 2.18. The highest BCUT2D eigenvalue weighted by atomic mass is 16.2. The minimum atomic E-state index is -0.199. The fourth-order valence-corrected chi connectivity index (χ4v) is 2.18.